The van der Waals surface area contributed by atoms with Gasteiger partial charge < -0.3 is 4.90 Å². The van der Waals surface area contributed by atoms with Crippen LogP contribution in [0.3, 0.4) is 0 Å². The SMILES string of the molecule is CN(C)/C=C/C=C(\C#N)c1cccnc1. The molecule has 1 rings (SSSR count). The maximum Gasteiger partial charge on any atom is 0.0998 e. The van der Waals surface area contributed by atoms with Gasteiger partial charge in [0.1, 0.15) is 0 Å². The zero-order valence-electron chi connectivity index (χ0n) is 8.88. The van der Waals surface area contributed by atoms with Gasteiger partial charge in [-0.15, -0.1) is 0 Å². The van der Waals surface area contributed by atoms with E-state index in [2.05, 4.69) is 11.1 Å². The summed E-state index contributed by atoms with van der Waals surface area (Å²) in [6.07, 6.45) is 8.86. The van der Waals surface area contributed by atoms with Crippen LogP contribution >= 0.6 is 0 Å². The number of allylic oxidation sites excluding steroid dienone is 3. The molecule has 1 aromatic rings. The van der Waals surface area contributed by atoms with Crippen molar-refractivity contribution in [3.8, 4) is 6.07 Å². The number of pyridine rings is 1. The Labute approximate surface area is 90.0 Å². The zero-order chi connectivity index (χ0) is 11.1. The molecule has 0 aromatic carbocycles. The molecule has 0 aliphatic carbocycles. The van der Waals surface area contributed by atoms with Crippen molar-refractivity contribution in [3.05, 3.63) is 48.4 Å². The second-order valence-electron chi connectivity index (χ2n) is 3.24. The van der Waals surface area contributed by atoms with Gasteiger partial charge in [-0.2, -0.15) is 5.26 Å². The minimum Gasteiger partial charge on any atom is -0.383 e. The topological polar surface area (TPSA) is 39.9 Å². The second kappa shape index (κ2) is 5.61. The fraction of sp³-hybridized carbons (Fsp3) is 0.167. The van der Waals surface area contributed by atoms with E-state index in [1.807, 2.05) is 43.4 Å². The molecule has 0 amide bonds. The standard InChI is InChI=1S/C12H13N3/c1-15(2)8-4-6-11(9-13)12-5-3-7-14-10-12/h3-8,10H,1-2H3/b8-4+,11-6+. The van der Waals surface area contributed by atoms with E-state index < -0.39 is 0 Å². The lowest BCUT2D eigenvalue weighted by atomic mass is 10.1. The van der Waals surface area contributed by atoms with Crippen molar-refractivity contribution in [3.63, 3.8) is 0 Å². The smallest absolute Gasteiger partial charge is 0.0998 e. The Morgan fingerprint density at radius 2 is 2.33 bits per heavy atom. The molecule has 0 fully saturated rings. The van der Waals surface area contributed by atoms with Crippen molar-refractivity contribution in [1.82, 2.24) is 9.88 Å². The van der Waals surface area contributed by atoms with Crippen LogP contribution in [0, 0.1) is 11.3 Å². The lowest BCUT2D eigenvalue weighted by Gasteiger charge is -2.01. The van der Waals surface area contributed by atoms with Crippen LogP contribution in [-0.4, -0.2) is 24.0 Å². The first-order chi connectivity index (χ1) is 7.24. The van der Waals surface area contributed by atoms with E-state index in [1.165, 1.54) is 0 Å². The summed E-state index contributed by atoms with van der Waals surface area (Å²) < 4.78 is 0. The highest BCUT2D eigenvalue weighted by atomic mass is 15.0. The predicted octanol–water partition coefficient (Wildman–Crippen LogP) is 2.06. The van der Waals surface area contributed by atoms with Gasteiger partial charge in [0.2, 0.25) is 0 Å². The first kappa shape index (κ1) is 11.0. The van der Waals surface area contributed by atoms with Crippen LogP contribution in [-0.2, 0) is 0 Å². The highest BCUT2D eigenvalue weighted by Crippen LogP contribution is 2.11. The molecule has 3 heteroatoms. The molecule has 3 nitrogen and oxygen atoms in total. The summed E-state index contributed by atoms with van der Waals surface area (Å²) in [6, 6.07) is 5.83. The molecule has 0 aliphatic heterocycles. The molecule has 0 saturated carbocycles. The van der Waals surface area contributed by atoms with Gasteiger partial charge in [0.15, 0.2) is 0 Å². The van der Waals surface area contributed by atoms with E-state index in [9.17, 15) is 0 Å². The molecule has 0 saturated heterocycles. The fourth-order valence-corrected chi connectivity index (χ4v) is 1.03. The van der Waals surface area contributed by atoms with E-state index in [1.54, 1.807) is 18.5 Å². The summed E-state index contributed by atoms with van der Waals surface area (Å²) in [5.74, 6) is 0. The maximum atomic E-state index is 8.95. The fourth-order valence-electron chi connectivity index (χ4n) is 1.03. The van der Waals surface area contributed by atoms with E-state index >= 15 is 0 Å². The van der Waals surface area contributed by atoms with E-state index in [0.29, 0.717) is 5.57 Å². The van der Waals surface area contributed by atoms with Gasteiger partial charge in [-0.25, -0.2) is 0 Å². The number of rotatable bonds is 3. The third kappa shape index (κ3) is 3.65. The Hall–Kier alpha value is -2.08. The normalized spacial score (nSPS) is 11.4. The van der Waals surface area contributed by atoms with Gasteiger partial charge in [-0.05, 0) is 24.4 Å². The monoisotopic (exact) mass is 199 g/mol. The van der Waals surface area contributed by atoms with Crippen molar-refractivity contribution in [2.45, 2.75) is 0 Å². The minimum absolute atomic E-state index is 0.612. The predicted molar refractivity (Wildman–Crippen MR) is 60.7 cm³/mol. The van der Waals surface area contributed by atoms with Crippen LogP contribution in [0.15, 0.2) is 42.9 Å². The van der Waals surface area contributed by atoms with Gasteiger partial charge in [0.25, 0.3) is 0 Å². The first-order valence-corrected chi connectivity index (χ1v) is 4.59. The number of aromatic nitrogens is 1. The van der Waals surface area contributed by atoms with Crippen molar-refractivity contribution in [2.75, 3.05) is 14.1 Å². The highest BCUT2D eigenvalue weighted by molar-refractivity contribution is 5.77. The molecule has 0 bridgehead atoms. The Kier molecular flexibility index (Phi) is 4.11. The van der Waals surface area contributed by atoms with Crippen molar-refractivity contribution in [2.24, 2.45) is 0 Å². The average molecular weight is 199 g/mol. The summed E-state index contributed by atoms with van der Waals surface area (Å²) in [6.45, 7) is 0. The Morgan fingerprint density at radius 1 is 1.53 bits per heavy atom. The Balaban J connectivity index is 2.87. The Bertz CT molecular complexity index is 397. The lowest BCUT2D eigenvalue weighted by Crippen LogP contribution is -1.99. The summed E-state index contributed by atoms with van der Waals surface area (Å²) in [5.41, 5.74) is 1.45. The van der Waals surface area contributed by atoms with E-state index in [4.69, 9.17) is 5.26 Å². The molecule has 0 atom stereocenters. The van der Waals surface area contributed by atoms with Crippen LogP contribution in [0.25, 0.3) is 5.57 Å². The second-order valence-corrected chi connectivity index (χ2v) is 3.24. The van der Waals surface area contributed by atoms with E-state index in [-0.39, 0.29) is 0 Å². The van der Waals surface area contributed by atoms with Crippen molar-refractivity contribution in [1.29, 1.82) is 5.26 Å². The number of nitrogens with zero attached hydrogens (tertiary/aromatic N) is 3. The third-order valence-corrected chi connectivity index (χ3v) is 1.74. The van der Waals surface area contributed by atoms with Gasteiger partial charge >= 0.3 is 0 Å². The molecule has 0 aliphatic rings. The molecule has 0 unspecified atom stereocenters. The molecule has 0 N–H and O–H groups in total. The molecular formula is C12H13N3. The maximum absolute atomic E-state index is 8.95. The van der Waals surface area contributed by atoms with Crippen LogP contribution in [0.5, 0.6) is 0 Å². The number of hydrogen-bond donors (Lipinski definition) is 0. The van der Waals surface area contributed by atoms with Crippen LogP contribution in [0.2, 0.25) is 0 Å². The number of hydrogen-bond acceptors (Lipinski definition) is 3. The zero-order valence-corrected chi connectivity index (χ0v) is 8.88. The lowest BCUT2D eigenvalue weighted by molar-refractivity contribution is 0.564. The van der Waals surface area contributed by atoms with Crippen molar-refractivity contribution >= 4 is 5.57 Å². The Morgan fingerprint density at radius 3 is 2.87 bits per heavy atom. The van der Waals surface area contributed by atoms with Crippen molar-refractivity contribution < 1.29 is 0 Å². The van der Waals surface area contributed by atoms with E-state index in [0.717, 1.165) is 5.56 Å². The molecular weight excluding hydrogens is 186 g/mol. The summed E-state index contributed by atoms with van der Waals surface area (Å²) in [5, 5.41) is 8.95. The average Bonchev–Trinajstić information content (AvgIpc) is 2.25. The van der Waals surface area contributed by atoms with Crippen LogP contribution < -0.4 is 0 Å². The summed E-state index contributed by atoms with van der Waals surface area (Å²) in [7, 11) is 3.86. The molecule has 1 aromatic heterocycles. The van der Waals surface area contributed by atoms with Gasteiger partial charge in [0.05, 0.1) is 11.6 Å². The minimum atomic E-state index is 0.612. The largest absolute Gasteiger partial charge is 0.383 e. The molecule has 1 heterocycles. The quantitative estimate of drug-likeness (QED) is 0.552. The summed E-state index contributed by atoms with van der Waals surface area (Å²) >= 11 is 0. The number of nitriles is 1. The molecule has 0 radical (unpaired) electrons. The first-order valence-electron chi connectivity index (χ1n) is 4.59. The van der Waals surface area contributed by atoms with Crippen LogP contribution in [0.1, 0.15) is 5.56 Å². The summed E-state index contributed by atoms with van der Waals surface area (Å²) in [4.78, 5) is 5.88. The highest BCUT2D eigenvalue weighted by Gasteiger charge is 1.97. The van der Waals surface area contributed by atoms with Gasteiger partial charge in [0, 0.05) is 32.1 Å². The van der Waals surface area contributed by atoms with Gasteiger partial charge in [-0.1, -0.05) is 6.07 Å². The van der Waals surface area contributed by atoms with Gasteiger partial charge in [-0.3, -0.25) is 4.98 Å². The molecule has 15 heavy (non-hydrogen) atoms. The van der Waals surface area contributed by atoms with Crippen LogP contribution in [0.4, 0.5) is 0 Å². The third-order valence-electron chi connectivity index (χ3n) is 1.74. The molecule has 76 valence electrons. The molecule has 0 spiro atoms.